The van der Waals surface area contributed by atoms with Crippen LogP contribution in [0.15, 0.2) is 114 Å². The molecule has 0 saturated heterocycles. The van der Waals surface area contributed by atoms with Gasteiger partial charge in [-0.25, -0.2) is 0 Å². The lowest BCUT2D eigenvalue weighted by molar-refractivity contribution is -0.143. The Balaban J connectivity index is 1.36. The number of benzene rings is 4. The van der Waals surface area contributed by atoms with E-state index in [9.17, 15) is 4.79 Å². The summed E-state index contributed by atoms with van der Waals surface area (Å²) in [5.41, 5.74) is 5.02. The van der Waals surface area contributed by atoms with Gasteiger partial charge in [-0.2, -0.15) is 0 Å². The third-order valence-electron chi connectivity index (χ3n) is 6.34. The van der Waals surface area contributed by atoms with Crippen molar-refractivity contribution in [3.8, 4) is 17.1 Å². The number of hydrogen-bond acceptors (Lipinski definition) is 5. The van der Waals surface area contributed by atoms with Crippen molar-refractivity contribution in [2.75, 3.05) is 18.5 Å². The molecule has 1 heterocycles. The molecule has 0 atom stereocenters. The van der Waals surface area contributed by atoms with E-state index < -0.39 is 0 Å². The van der Waals surface area contributed by atoms with Crippen LogP contribution in [0.2, 0.25) is 0 Å². The Labute approximate surface area is 223 Å². The number of nitrogens with one attached hydrogen (secondary N) is 1. The average Bonchev–Trinajstić information content (AvgIpc) is 3.39. The molecule has 4 aromatic carbocycles. The average molecular weight is 506 g/mol. The van der Waals surface area contributed by atoms with Crippen molar-refractivity contribution in [3.05, 3.63) is 120 Å². The van der Waals surface area contributed by atoms with Crippen molar-refractivity contribution in [3.63, 3.8) is 0 Å². The SMILES string of the molecule is CCOC(=O)CCCOc1ccccc1-c1cc2ccc(NC(c3ccccc3)c3ccccc3)cc2o1. The molecular formula is C33H31NO4. The van der Waals surface area contributed by atoms with E-state index in [-0.39, 0.29) is 12.0 Å². The fraction of sp³-hybridized carbons (Fsp3) is 0.182. The Bertz CT molecular complexity index is 1440. The van der Waals surface area contributed by atoms with Crippen molar-refractivity contribution in [2.24, 2.45) is 0 Å². The Morgan fingerprint density at radius 1 is 0.842 bits per heavy atom. The van der Waals surface area contributed by atoms with Crippen molar-refractivity contribution < 1.29 is 18.7 Å². The summed E-state index contributed by atoms with van der Waals surface area (Å²) in [5, 5.41) is 4.71. The van der Waals surface area contributed by atoms with Crippen LogP contribution in [0.4, 0.5) is 5.69 Å². The highest BCUT2D eigenvalue weighted by molar-refractivity contribution is 5.86. The van der Waals surface area contributed by atoms with Gasteiger partial charge in [0.2, 0.25) is 0 Å². The fourth-order valence-corrected chi connectivity index (χ4v) is 4.50. The normalized spacial score (nSPS) is 11.0. The molecule has 1 N–H and O–H groups in total. The maximum absolute atomic E-state index is 11.6. The van der Waals surface area contributed by atoms with E-state index in [0.717, 1.165) is 33.7 Å². The summed E-state index contributed by atoms with van der Waals surface area (Å²) in [6.07, 6.45) is 0.926. The quantitative estimate of drug-likeness (QED) is 0.145. The van der Waals surface area contributed by atoms with E-state index in [0.29, 0.717) is 26.1 Å². The van der Waals surface area contributed by atoms with Crippen LogP contribution in [0.25, 0.3) is 22.3 Å². The Morgan fingerprint density at radius 3 is 2.24 bits per heavy atom. The largest absolute Gasteiger partial charge is 0.493 e. The van der Waals surface area contributed by atoms with Gasteiger partial charge < -0.3 is 19.2 Å². The first-order chi connectivity index (χ1) is 18.7. The molecule has 5 rings (SSSR count). The van der Waals surface area contributed by atoms with E-state index in [4.69, 9.17) is 13.9 Å². The van der Waals surface area contributed by atoms with E-state index >= 15 is 0 Å². The lowest BCUT2D eigenvalue weighted by atomic mass is 9.98. The van der Waals surface area contributed by atoms with Gasteiger partial charge in [0.1, 0.15) is 17.1 Å². The van der Waals surface area contributed by atoms with Gasteiger partial charge in [0, 0.05) is 23.6 Å². The van der Waals surface area contributed by atoms with Crippen molar-refractivity contribution in [1.29, 1.82) is 0 Å². The topological polar surface area (TPSA) is 60.7 Å². The summed E-state index contributed by atoms with van der Waals surface area (Å²) in [6, 6.07) is 36.9. The number of rotatable bonds is 11. The van der Waals surface area contributed by atoms with Crippen LogP contribution in [0.1, 0.15) is 36.9 Å². The second kappa shape index (κ2) is 12.2. The first kappa shape index (κ1) is 25.2. The van der Waals surface area contributed by atoms with Gasteiger partial charge in [0.15, 0.2) is 0 Å². The van der Waals surface area contributed by atoms with Crippen molar-refractivity contribution >= 4 is 22.6 Å². The standard InChI is InChI=1S/C33H31NO4/c1-2-36-32(35)18-11-21-37-29-17-10-9-16-28(29)31-22-26-19-20-27(23-30(26)38-31)34-33(24-12-5-3-6-13-24)25-14-7-4-8-15-25/h3-10,12-17,19-20,22-23,33-34H,2,11,18,21H2,1H3. The smallest absolute Gasteiger partial charge is 0.305 e. The fourth-order valence-electron chi connectivity index (χ4n) is 4.50. The molecule has 0 amide bonds. The highest BCUT2D eigenvalue weighted by Gasteiger charge is 2.16. The lowest BCUT2D eigenvalue weighted by Crippen LogP contribution is -2.12. The molecule has 0 fully saturated rings. The minimum absolute atomic E-state index is 0.00742. The maximum Gasteiger partial charge on any atom is 0.305 e. The van der Waals surface area contributed by atoms with Gasteiger partial charge in [0.25, 0.3) is 0 Å². The predicted octanol–water partition coefficient (Wildman–Crippen LogP) is 8.02. The number of ether oxygens (including phenoxy) is 2. The molecule has 38 heavy (non-hydrogen) atoms. The molecule has 0 saturated carbocycles. The van der Waals surface area contributed by atoms with Crippen LogP contribution < -0.4 is 10.1 Å². The van der Waals surface area contributed by atoms with Crippen LogP contribution >= 0.6 is 0 Å². The van der Waals surface area contributed by atoms with Crippen molar-refractivity contribution in [1.82, 2.24) is 0 Å². The molecular weight excluding hydrogens is 474 g/mol. The Morgan fingerprint density at radius 2 is 1.53 bits per heavy atom. The van der Waals surface area contributed by atoms with Crippen LogP contribution in [0.3, 0.4) is 0 Å². The summed E-state index contributed by atoms with van der Waals surface area (Å²) < 4.78 is 17.3. The van der Waals surface area contributed by atoms with Gasteiger partial charge in [-0.05, 0) is 54.8 Å². The molecule has 0 bridgehead atoms. The number of furan rings is 1. The summed E-state index contributed by atoms with van der Waals surface area (Å²) >= 11 is 0. The van der Waals surface area contributed by atoms with Crippen molar-refractivity contribution in [2.45, 2.75) is 25.8 Å². The number of fused-ring (bicyclic) bond motifs is 1. The minimum Gasteiger partial charge on any atom is -0.493 e. The van der Waals surface area contributed by atoms with E-state index in [1.165, 1.54) is 11.1 Å². The zero-order chi connectivity index (χ0) is 26.2. The number of esters is 1. The molecule has 5 heteroatoms. The third kappa shape index (κ3) is 6.06. The summed E-state index contributed by atoms with van der Waals surface area (Å²) in [5.74, 6) is 1.26. The molecule has 5 nitrogen and oxygen atoms in total. The van der Waals surface area contributed by atoms with Gasteiger partial charge in [-0.3, -0.25) is 4.79 Å². The van der Waals surface area contributed by atoms with Crippen LogP contribution in [0.5, 0.6) is 5.75 Å². The minimum atomic E-state index is -0.201. The predicted molar refractivity (Wildman–Crippen MR) is 151 cm³/mol. The van der Waals surface area contributed by atoms with E-state index in [1.54, 1.807) is 0 Å². The van der Waals surface area contributed by atoms with E-state index in [2.05, 4.69) is 66.0 Å². The number of para-hydroxylation sites is 1. The zero-order valence-electron chi connectivity index (χ0n) is 21.4. The van der Waals surface area contributed by atoms with Crippen LogP contribution in [-0.4, -0.2) is 19.2 Å². The Hall–Kier alpha value is -4.51. The number of carbonyl (C=O) groups excluding carboxylic acids is 1. The number of carbonyl (C=O) groups is 1. The molecule has 0 aliphatic carbocycles. The monoisotopic (exact) mass is 505 g/mol. The van der Waals surface area contributed by atoms with Crippen LogP contribution in [-0.2, 0) is 9.53 Å². The molecule has 0 aliphatic heterocycles. The molecule has 0 unspecified atom stereocenters. The summed E-state index contributed by atoms with van der Waals surface area (Å²) in [7, 11) is 0. The van der Waals surface area contributed by atoms with Crippen LogP contribution in [0, 0.1) is 0 Å². The number of hydrogen-bond donors (Lipinski definition) is 1. The summed E-state index contributed by atoms with van der Waals surface area (Å²) in [6.45, 7) is 2.62. The second-order valence-electron chi connectivity index (χ2n) is 9.02. The zero-order valence-corrected chi connectivity index (χ0v) is 21.4. The Kier molecular flexibility index (Phi) is 8.04. The number of anilines is 1. The first-order valence-electron chi connectivity index (χ1n) is 13.0. The molecule has 0 spiro atoms. The maximum atomic E-state index is 11.6. The summed E-state index contributed by atoms with van der Waals surface area (Å²) in [4.78, 5) is 11.6. The molecule has 0 radical (unpaired) electrons. The molecule has 5 aromatic rings. The molecule has 0 aliphatic rings. The molecule has 1 aromatic heterocycles. The van der Waals surface area contributed by atoms with Gasteiger partial charge in [0.05, 0.1) is 24.8 Å². The van der Waals surface area contributed by atoms with Gasteiger partial charge in [-0.15, -0.1) is 0 Å². The first-order valence-corrected chi connectivity index (χ1v) is 13.0. The lowest BCUT2D eigenvalue weighted by Gasteiger charge is -2.21. The molecule has 192 valence electrons. The van der Waals surface area contributed by atoms with E-state index in [1.807, 2.05) is 55.5 Å². The van der Waals surface area contributed by atoms with Gasteiger partial charge >= 0.3 is 5.97 Å². The second-order valence-corrected chi connectivity index (χ2v) is 9.02. The third-order valence-corrected chi connectivity index (χ3v) is 6.34. The highest BCUT2D eigenvalue weighted by Crippen LogP contribution is 2.36. The van der Waals surface area contributed by atoms with Gasteiger partial charge in [-0.1, -0.05) is 72.8 Å². The highest BCUT2D eigenvalue weighted by atomic mass is 16.5.